The van der Waals surface area contributed by atoms with Gasteiger partial charge in [0.25, 0.3) is 0 Å². The molecule has 4 rings (SSSR count). The van der Waals surface area contributed by atoms with E-state index in [1.165, 1.54) is 0 Å². The molecule has 0 fully saturated rings. The van der Waals surface area contributed by atoms with Gasteiger partial charge in [0.2, 0.25) is 5.91 Å². The SMILES string of the molecule is O=C(Cc1c[nH]c2ccccc12)NCc1ccc(-c2ccco2)nc1. The van der Waals surface area contributed by atoms with Crippen molar-refractivity contribution < 1.29 is 9.21 Å². The van der Waals surface area contributed by atoms with Crippen LogP contribution in [0.4, 0.5) is 0 Å². The third-order valence-electron chi connectivity index (χ3n) is 4.11. The molecule has 25 heavy (non-hydrogen) atoms. The zero-order chi connectivity index (χ0) is 17.1. The van der Waals surface area contributed by atoms with Gasteiger partial charge in [0, 0.05) is 29.8 Å². The van der Waals surface area contributed by atoms with Crippen molar-refractivity contribution in [3.05, 3.63) is 78.3 Å². The third kappa shape index (κ3) is 3.30. The monoisotopic (exact) mass is 331 g/mol. The van der Waals surface area contributed by atoms with E-state index in [1.807, 2.05) is 54.7 Å². The van der Waals surface area contributed by atoms with Crippen molar-refractivity contribution in [2.45, 2.75) is 13.0 Å². The molecule has 0 spiro atoms. The largest absolute Gasteiger partial charge is 0.463 e. The smallest absolute Gasteiger partial charge is 0.224 e. The number of aromatic amines is 1. The average molecular weight is 331 g/mol. The minimum atomic E-state index is -0.0140. The van der Waals surface area contributed by atoms with Crippen LogP contribution in [0.2, 0.25) is 0 Å². The molecule has 5 nitrogen and oxygen atoms in total. The second-order valence-corrected chi connectivity index (χ2v) is 5.84. The zero-order valence-corrected chi connectivity index (χ0v) is 13.5. The molecule has 0 radical (unpaired) electrons. The number of carbonyl (C=O) groups is 1. The molecule has 0 aliphatic rings. The quantitative estimate of drug-likeness (QED) is 0.586. The summed E-state index contributed by atoms with van der Waals surface area (Å²) in [5.41, 5.74) is 3.77. The molecule has 5 heteroatoms. The van der Waals surface area contributed by atoms with E-state index in [4.69, 9.17) is 4.42 Å². The minimum Gasteiger partial charge on any atom is -0.463 e. The van der Waals surface area contributed by atoms with Gasteiger partial charge >= 0.3 is 0 Å². The predicted octanol–water partition coefficient (Wildman–Crippen LogP) is 3.68. The van der Waals surface area contributed by atoms with E-state index in [9.17, 15) is 4.79 Å². The second-order valence-electron chi connectivity index (χ2n) is 5.84. The van der Waals surface area contributed by atoms with Crippen LogP contribution >= 0.6 is 0 Å². The number of benzene rings is 1. The van der Waals surface area contributed by atoms with Crippen LogP contribution in [0, 0.1) is 0 Å². The molecule has 0 saturated heterocycles. The number of para-hydroxylation sites is 1. The summed E-state index contributed by atoms with van der Waals surface area (Å²) in [7, 11) is 0. The molecule has 3 aromatic heterocycles. The Morgan fingerprint density at radius 2 is 2.04 bits per heavy atom. The van der Waals surface area contributed by atoms with Crippen LogP contribution in [0.3, 0.4) is 0 Å². The molecule has 4 aromatic rings. The number of H-pyrrole nitrogens is 1. The van der Waals surface area contributed by atoms with Crippen LogP contribution in [0.15, 0.2) is 71.6 Å². The number of pyridine rings is 1. The lowest BCUT2D eigenvalue weighted by atomic mass is 10.1. The molecule has 3 heterocycles. The van der Waals surface area contributed by atoms with Crippen molar-refractivity contribution in [3.63, 3.8) is 0 Å². The highest BCUT2D eigenvalue weighted by Crippen LogP contribution is 2.18. The number of hydrogen-bond acceptors (Lipinski definition) is 3. The topological polar surface area (TPSA) is 70.9 Å². The van der Waals surface area contributed by atoms with E-state index in [-0.39, 0.29) is 5.91 Å². The Labute approximate surface area is 144 Å². The number of aromatic nitrogens is 2. The fourth-order valence-electron chi connectivity index (χ4n) is 2.81. The van der Waals surface area contributed by atoms with Gasteiger partial charge in [-0.05, 0) is 35.4 Å². The summed E-state index contributed by atoms with van der Waals surface area (Å²) in [4.78, 5) is 19.8. The lowest BCUT2D eigenvalue weighted by Crippen LogP contribution is -2.24. The van der Waals surface area contributed by atoms with Crippen molar-refractivity contribution >= 4 is 16.8 Å². The predicted molar refractivity (Wildman–Crippen MR) is 95.8 cm³/mol. The van der Waals surface area contributed by atoms with Crippen molar-refractivity contribution in [2.75, 3.05) is 0 Å². The van der Waals surface area contributed by atoms with Gasteiger partial charge in [-0.2, -0.15) is 0 Å². The Morgan fingerprint density at radius 1 is 1.12 bits per heavy atom. The molecule has 2 N–H and O–H groups in total. The lowest BCUT2D eigenvalue weighted by molar-refractivity contribution is -0.120. The van der Waals surface area contributed by atoms with E-state index in [0.29, 0.717) is 13.0 Å². The van der Waals surface area contributed by atoms with Gasteiger partial charge < -0.3 is 14.7 Å². The fourth-order valence-corrected chi connectivity index (χ4v) is 2.81. The maximum atomic E-state index is 12.2. The minimum absolute atomic E-state index is 0.0140. The summed E-state index contributed by atoms with van der Waals surface area (Å²) in [6.45, 7) is 0.451. The first kappa shape index (κ1) is 15.2. The number of fused-ring (bicyclic) bond motifs is 1. The Kier molecular flexibility index (Phi) is 4.04. The van der Waals surface area contributed by atoms with Crippen LogP contribution in [-0.2, 0) is 17.8 Å². The molecular weight excluding hydrogens is 314 g/mol. The highest BCUT2D eigenvalue weighted by atomic mass is 16.3. The number of carbonyl (C=O) groups excluding carboxylic acids is 1. The van der Waals surface area contributed by atoms with Crippen LogP contribution in [0.5, 0.6) is 0 Å². The van der Waals surface area contributed by atoms with Gasteiger partial charge in [0.15, 0.2) is 5.76 Å². The number of rotatable bonds is 5. The maximum Gasteiger partial charge on any atom is 0.224 e. The molecule has 0 saturated carbocycles. The molecule has 0 atom stereocenters. The highest BCUT2D eigenvalue weighted by molar-refractivity contribution is 5.88. The highest BCUT2D eigenvalue weighted by Gasteiger charge is 2.09. The van der Waals surface area contributed by atoms with Gasteiger partial charge in [-0.3, -0.25) is 9.78 Å². The summed E-state index contributed by atoms with van der Waals surface area (Å²) in [5, 5.41) is 4.03. The van der Waals surface area contributed by atoms with Crippen molar-refractivity contribution in [2.24, 2.45) is 0 Å². The van der Waals surface area contributed by atoms with Gasteiger partial charge in [-0.25, -0.2) is 0 Å². The van der Waals surface area contributed by atoms with Gasteiger partial charge in [-0.15, -0.1) is 0 Å². The Balaban J connectivity index is 1.37. The molecule has 124 valence electrons. The molecule has 1 amide bonds. The first-order chi connectivity index (χ1) is 12.3. The fraction of sp³-hybridized carbons (Fsp3) is 0.100. The van der Waals surface area contributed by atoms with E-state index in [0.717, 1.165) is 33.5 Å². The second kappa shape index (κ2) is 6.65. The first-order valence-electron chi connectivity index (χ1n) is 8.10. The van der Waals surface area contributed by atoms with Gasteiger partial charge in [0.05, 0.1) is 12.7 Å². The number of furan rings is 1. The first-order valence-corrected chi connectivity index (χ1v) is 8.10. The Hall–Kier alpha value is -3.34. The molecule has 0 aliphatic heterocycles. The van der Waals surface area contributed by atoms with Crippen LogP contribution in [-0.4, -0.2) is 15.9 Å². The molecule has 0 bridgehead atoms. The van der Waals surface area contributed by atoms with E-state index in [1.54, 1.807) is 12.5 Å². The maximum absolute atomic E-state index is 12.2. The number of nitrogens with one attached hydrogen (secondary N) is 2. The molecule has 0 unspecified atom stereocenters. The number of nitrogens with zero attached hydrogens (tertiary/aromatic N) is 1. The van der Waals surface area contributed by atoms with Gasteiger partial charge in [0.1, 0.15) is 5.69 Å². The average Bonchev–Trinajstić information content (AvgIpc) is 3.31. The normalized spacial score (nSPS) is 10.9. The van der Waals surface area contributed by atoms with Crippen LogP contribution < -0.4 is 5.32 Å². The van der Waals surface area contributed by atoms with Crippen molar-refractivity contribution in [1.29, 1.82) is 0 Å². The van der Waals surface area contributed by atoms with E-state index < -0.39 is 0 Å². The summed E-state index contributed by atoms with van der Waals surface area (Å²) < 4.78 is 5.32. The van der Waals surface area contributed by atoms with Crippen LogP contribution in [0.25, 0.3) is 22.4 Å². The zero-order valence-electron chi connectivity index (χ0n) is 13.5. The summed E-state index contributed by atoms with van der Waals surface area (Å²) in [6, 6.07) is 15.5. The Morgan fingerprint density at radius 3 is 2.84 bits per heavy atom. The third-order valence-corrected chi connectivity index (χ3v) is 4.11. The Bertz CT molecular complexity index is 985. The summed E-state index contributed by atoms with van der Waals surface area (Å²) in [6.07, 6.45) is 5.62. The molecular formula is C20H17N3O2. The number of hydrogen-bond donors (Lipinski definition) is 2. The van der Waals surface area contributed by atoms with Crippen molar-refractivity contribution in [3.8, 4) is 11.5 Å². The van der Waals surface area contributed by atoms with E-state index in [2.05, 4.69) is 15.3 Å². The molecule has 1 aromatic carbocycles. The van der Waals surface area contributed by atoms with E-state index >= 15 is 0 Å². The lowest BCUT2D eigenvalue weighted by Gasteiger charge is -2.05. The van der Waals surface area contributed by atoms with Gasteiger partial charge in [-0.1, -0.05) is 24.3 Å². The standard InChI is InChI=1S/C20H17N3O2/c24-20(10-15-13-22-17-5-2-1-4-16(15)17)23-12-14-7-8-18(21-11-14)19-6-3-9-25-19/h1-9,11,13,22H,10,12H2,(H,23,24). The van der Waals surface area contributed by atoms with Crippen molar-refractivity contribution in [1.82, 2.24) is 15.3 Å². The summed E-state index contributed by atoms with van der Waals surface area (Å²) >= 11 is 0. The van der Waals surface area contributed by atoms with Crippen LogP contribution in [0.1, 0.15) is 11.1 Å². The molecule has 0 aliphatic carbocycles. The number of amides is 1. The summed E-state index contributed by atoms with van der Waals surface area (Å²) in [5.74, 6) is 0.717.